The summed E-state index contributed by atoms with van der Waals surface area (Å²) < 4.78 is 32.4. The first-order chi connectivity index (χ1) is 10.4. The van der Waals surface area contributed by atoms with Crippen LogP contribution in [0.25, 0.3) is 0 Å². The van der Waals surface area contributed by atoms with Crippen LogP contribution in [0.3, 0.4) is 0 Å². The maximum atomic E-state index is 12.8. The van der Waals surface area contributed by atoms with Crippen molar-refractivity contribution < 1.29 is 17.9 Å². The Morgan fingerprint density at radius 3 is 2.82 bits per heavy atom. The molecule has 2 heterocycles. The highest BCUT2D eigenvalue weighted by molar-refractivity contribution is 7.89. The number of nitrogens with two attached hydrogens (primary N) is 1. The van der Waals surface area contributed by atoms with E-state index in [1.54, 1.807) is 18.2 Å². The van der Waals surface area contributed by atoms with Crippen molar-refractivity contribution in [2.24, 2.45) is 17.6 Å². The third-order valence-corrected chi connectivity index (χ3v) is 6.29. The molecule has 0 saturated carbocycles. The van der Waals surface area contributed by atoms with Crippen LogP contribution in [0.2, 0.25) is 0 Å². The molecule has 0 spiro atoms. The summed E-state index contributed by atoms with van der Waals surface area (Å²) in [6.45, 7) is 3.00. The number of aryl methyl sites for hydroxylation is 1. The van der Waals surface area contributed by atoms with Crippen molar-refractivity contribution in [1.82, 2.24) is 4.31 Å². The molecule has 1 aromatic rings. The third-order valence-electron chi connectivity index (χ3n) is 4.46. The average molecular weight is 324 g/mol. The van der Waals surface area contributed by atoms with E-state index in [9.17, 15) is 13.2 Å². The van der Waals surface area contributed by atoms with Crippen molar-refractivity contribution >= 4 is 15.9 Å². The lowest BCUT2D eigenvalue weighted by Crippen LogP contribution is -2.32. The second kappa shape index (κ2) is 5.55. The number of sulfonamides is 1. The number of hydrogen-bond donors (Lipinski definition) is 1. The number of rotatable bonds is 3. The normalized spacial score (nSPS) is 25.5. The second-order valence-corrected chi connectivity index (χ2v) is 7.97. The van der Waals surface area contributed by atoms with Gasteiger partial charge in [0.15, 0.2) is 0 Å². The number of carbonyl (C=O) groups excluding carboxylic acids is 1. The zero-order valence-corrected chi connectivity index (χ0v) is 13.3. The van der Waals surface area contributed by atoms with Gasteiger partial charge in [-0.3, -0.25) is 4.79 Å². The molecule has 22 heavy (non-hydrogen) atoms. The van der Waals surface area contributed by atoms with Crippen LogP contribution in [0.1, 0.15) is 18.9 Å². The second-order valence-electron chi connectivity index (χ2n) is 6.03. The molecule has 1 fully saturated rings. The molecule has 0 radical (unpaired) electrons. The Balaban J connectivity index is 1.89. The van der Waals surface area contributed by atoms with E-state index >= 15 is 0 Å². The number of ether oxygens (including phenoxy) is 1. The summed E-state index contributed by atoms with van der Waals surface area (Å²) in [6.07, 6.45) is 1.71. The van der Waals surface area contributed by atoms with E-state index in [4.69, 9.17) is 10.5 Å². The van der Waals surface area contributed by atoms with Gasteiger partial charge in [0.05, 0.1) is 17.4 Å². The maximum Gasteiger partial charge on any atom is 0.243 e. The van der Waals surface area contributed by atoms with Crippen LogP contribution in [0.4, 0.5) is 0 Å². The van der Waals surface area contributed by atoms with Crippen molar-refractivity contribution in [2.75, 3.05) is 19.7 Å². The van der Waals surface area contributed by atoms with E-state index in [1.165, 1.54) is 4.31 Å². The van der Waals surface area contributed by atoms with Gasteiger partial charge in [-0.2, -0.15) is 4.31 Å². The van der Waals surface area contributed by atoms with Crippen molar-refractivity contribution in [3.05, 3.63) is 23.8 Å². The summed E-state index contributed by atoms with van der Waals surface area (Å²) in [4.78, 5) is 11.7. The van der Waals surface area contributed by atoms with Crippen LogP contribution in [-0.4, -0.2) is 38.3 Å². The third kappa shape index (κ3) is 2.59. The molecule has 0 aliphatic carbocycles. The van der Waals surface area contributed by atoms with Crippen LogP contribution in [0, 0.1) is 11.8 Å². The molecular formula is C15H20N2O4S. The van der Waals surface area contributed by atoms with Gasteiger partial charge < -0.3 is 10.5 Å². The SMILES string of the molecule is C[C@@H]1CN(S(=O)(=O)c2ccc3c(c2)CCCO3)C[C@H]1C(N)=O. The highest BCUT2D eigenvalue weighted by Gasteiger charge is 2.39. The molecule has 1 aromatic carbocycles. The lowest BCUT2D eigenvalue weighted by atomic mass is 9.98. The molecule has 2 aliphatic heterocycles. The molecule has 2 aliphatic rings. The Hall–Kier alpha value is -1.60. The predicted octanol–water partition coefficient (Wildman–Crippen LogP) is 0.754. The molecule has 1 saturated heterocycles. The minimum Gasteiger partial charge on any atom is -0.493 e. The zero-order valence-electron chi connectivity index (χ0n) is 12.5. The average Bonchev–Trinajstić information content (AvgIpc) is 2.89. The number of benzene rings is 1. The first-order valence-corrected chi connectivity index (χ1v) is 8.89. The van der Waals surface area contributed by atoms with E-state index in [-0.39, 0.29) is 17.4 Å². The standard InChI is InChI=1S/C15H20N2O4S/c1-10-8-17(9-13(10)15(16)18)22(19,20)12-4-5-14-11(7-12)3-2-6-21-14/h4-5,7,10,13H,2-3,6,8-9H2,1H3,(H2,16,18)/t10-,13-/m1/s1. The number of hydrogen-bond acceptors (Lipinski definition) is 4. The Morgan fingerprint density at radius 2 is 2.14 bits per heavy atom. The number of carbonyl (C=O) groups is 1. The first-order valence-electron chi connectivity index (χ1n) is 7.45. The van der Waals surface area contributed by atoms with Crippen molar-refractivity contribution in [1.29, 1.82) is 0 Å². The number of fused-ring (bicyclic) bond motifs is 1. The molecule has 1 amide bonds. The lowest BCUT2D eigenvalue weighted by molar-refractivity contribution is -0.122. The minimum atomic E-state index is -3.60. The summed E-state index contributed by atoms with van der Waals surface area (Å²) in [5, 5.41) is 0. The molecule has 6 nitrogen and oxygen atoms in total. The molecular weight excluding hydrogens is 304 g/mol. The highest BCUT2D eigenvalue weighted by atomic mass is 32.2. The minimum absolute atomic E-state index is 0.0618. The maximum absolute atomic E-state index is 12.8. The van der Waals surface area contributed by atoms with Gasteiger partial charge >= 0.3 is 0 Å². The molecule has 0 unspecified atom stereocenters. The van der Waals surface area contributed by atoms with Gasteiger partial charge in [0.25, 0.3) is 0 Å². The van der Waals surface area contributed by atoms with Crippen LogP contribution >= 0.6 is 0 Å². The van der Waals surface area contributed by atoms with Gasteiger partial charge in [0.2, 0.25) is 15.9 Å². The fourth-order valence-electron chi connectivity index (χ4n) is 3.14. The van der Waals surface area contributed by atoms with Crippen LogP contribution in [0.5, 0.6) is 5.75 Å². The van der Waals surface area contributed by atoms with Crippen molar-refractivity contribution in [3.8, 4) is 5.75 Å². The molecule has 7 heteroatoms. The Morgan fingerprint density at radius 1 is 1.36 bits per heavy atom. The lowest BCUT2D eigenvalue weighted by Gasteiger charge is -2.20. The van der Waals surface area contributed by atoms with Gasteiger partial charge in [0, 0.05) is 13.1 Å². The van der Waals surface area contributed by atoms with E-state index < -0.39 is 21.8 Å². The quantitative estimate of drug-likeness (QED) is 0.888. The molecule has 2 N–H and O–H groups in total. The van der Waals surface area contributed by atoms with E-state index in [0.717, 1.165) is 24.2 Å². The highest BCUT2D eigenvalue weighted by Crippen LogP contribution is 2.32. The molecule has 0 aromatic heterocycles. The summed E-state index contributed by atoms with van der Waals surface area (Å²) in [7, 11) is -3.60. The van der Waals surface area contributed by atoms with E-state index in [1.807, 2.05) is 6.92 Å². The van der Waals surface area contributed by atoms with Crippen molar-refractivity contribution in [3.63, 3.8) is 0 Å². The largest absolute Gasteiger partial charge is 0.493 e. The fraction of sp³-hybridized carbons (Fsp3) is 0.533. The van der Waals surface area contributed by atoms with Gasteiger partial charge in [-0.1, -0.05) is 6.92 Å². The summed E-state index contributed by atoms with van der Waals surface area (Å²) >= 11 is 0. The van der Waals surface area contributed by atoms with Gasteiger partial charge in [-0.15, -0.1) is 0 Å². The molecule has 3 rings (SSSR count). The molecule has 120 valence electrons. The first kappa shape index (κ1) is 15.3. The van der Waals surface area contributed by atoms with Gasteiger partial charge in [-0.25, -0.2) is 8.42 Å². The van der Waals surface area contributed by atoms with Gasteiger partial charge in [-0.05, 0) is 42.5 Å². The van der Waals surface area contributed by atoms with E-state index in [0.29, 0.717) is 13.2 Å². The van der Waals surface area contributed by atoms with Crippen LogP contribution in [0.15, 0.2) is 23.1 Å². The predicted molar refractivity (Wildman–Crippen MR) is 80.9 cm³/mol. The summed E-state index contributed by atoms with van der Waals surface area (Å²) in [6, 6.07) is 4.97. The zero-order chi connectivity index (χ0) is 15.9. The fourth-order valence-corrected chi connectivity index (χ4v) is 4.75. The van der Waals surface area contributed by atoms with Crippen LogP contribution in [-0.2, 0) is 21.2 Å². The van der Waals surface area contributed by atoms with Crippen molar-refractivity contribution in [2.45, 2.75) is 24.7 Å². The Kier molecular flexibility index (Phi) is 3.86. The Labute approximate surface area is 130 Å². The monoisotopic (exact) mass is 324 g/mol. The van der Waals surface area contributed by atoms with E-state index in [2.05, 4.69) is 0 Å². The number of amides is 1. The number of nitrogens with zero attached hydrogens (tertiary/aromatic N) is 1. The summed E-state index contributed by atoms with van der Waals surface area (Å²) in [5.74, 6) is -0.164. The van der Waals surface area contributed by atoms with Crippen LogP contribution < -0.4 is 10.5 Å². The summed E-state index contributed by atoms with van der Waals surface area (Å²) in [5.41, 5.74) is 6.27. The topological polar surface area (TPSA) is 89.7 Å². The Bertz CT molecular complexity index is 701. The smallest absolute Gasteiger partial charge is 0.243 e. The van der Waals surface area contributed by atoms with Gasteiger partial charge in [0.1, 0.15) is 5.75 Å². The molecule has 2 atom stereocenters. The number of primary amides is 1. The molecule has 0 bridgehead atoms.